The molecule has 0 fully saturated rings. The number of hydrogen-bond donors (Lipinski definition) is 4. The number of rotatable bonds is 23. The Labute approximate surface area is 292 Å². The van der Waals surface area contributed by atoms with E-state index in [1.165, 1.54) is 0 Å². The van der Waals surface area contributed by atoms with E-state index in [9.17, 15) is 9.59 Å². The molecular formula is C37H59N3O9. The van der Waals surface area contributed by atoms with Crippen LogP contribution >= 0.6 is 0 Å². The van der Waals surface area contributed by atoms with E-state index in [1.807, 2.05) is 45.9 Å². The van der Waals surface area contributed by atoms with E-state index < -0.39 is 24.0 Å². The lowest BCUT2D eigenvalue weighted by Gasteiger charge is -2.32. The molecule has 276 valence electrons. The van der Waals surface area contributed by atoms with Gasteiger partial charge in [0.25, 0.3) is 0 Å². The molecule has 2 aromatic carbocycles. The molecule has 12 nitrogen and oxygen atoms in total. The zero-order chi connectivity index (χ0) is 36.5. The second-order valence-corrected chi connectivity index (χ2v) is 13.7. The lowest BCUT2D eigenvalue weighted by atomic mass is 9.80. The summed E-state index contributed by atoms with van der Waals surface area (Å²) >= 11 is 0. The Morgan fingerprint density at radius 2 is 1.55 bits per heavy atom. The van der Waals surface area contributed by atoms with Crippen molar-refractivity contribution in [3.05, 3.63) is 59.2 Å². The number of carbonyl (C=O) groups excluding carboxylic acids is 2. The zero-order valence-electron chi connectivity index (χ0n) is 30.5. The fourth-order valence-corrected chi connectivity index (χ4v) is 5.49. The third-order valence-corrected chi connectivity index (χ3v) is 8.58. The van der Waals surface area contributed by atoms with Crippen molar-refractivity contribution in [3.63, 3.8) is 0 Å². The summed E-state index contributed by atoms with van der Waals surface area (Å²) in [6.45, 7) is 13.9. The molecule has 2 aromatic rings. The van der Waals surface area contributed by atoms with Gasteiger partial charge in [-0.2, -0.15) is 0 Å². The fraction of sp³-hybridized carbons (Fsp3) is 0.622. The molecule has 0 aromatic heterocycles. The molecule has 0 saturated heterocycles. The molecule has 0 aliphatic rings. The van der Waals surface area contributed by atoms with Gasteiger partial charge in [-0.15, -0.1) is 0 Å². The Bertz CT molecular complexity index is 1250. The van der Waals surface area contributed by atoms with Crippen LogP contribution in [-0.4, -0.2) is 73.8 Å². The normalized spacial score (nSPS) is 14.2. The van der Waals surface area contributed by atoms with Gasteiger partial charge >= 0.3 is 5.97 Å². The number of amides is 1. The van der Waals surface area contributed by atoms with Crippen molar-refractivity contribution < 1.29 is 43.8 Å². The quantitative estimate of drug-likeness (QED) is 0.0633. The first-order valence-corrected chi connectivity index (χ1v) is 17.2. The van der Waals surface area contributed by atoms with Crippen molar-refractivity contribution in [1.29, 1.82) is 0 Å². The van der Waals surface area contributed by atoms with Gasteiger partial charge in [-0.25, -0.2) is 9.63 Å². The minimum Gasteiger partial charge on any atom is -0.493 e. The van der Waals surface area contributed by atoms with Gasteiger partial charge in [0.1, 0.15) is 6.10 Å². The van der Waals surface area contributed by atoms with Crippen molar-refractivity contribution in [1.82, 2.24) is 10.7 Å². The average molecular weight is 690 g/mol. The van der Waals surface area contributed by atoms with Crippen molar-refractivity contribution in [3.8, 4) is 11.5 Å². The number of nitrogens with zero attached hydrogens (tertiary/aromatic N) is 1. The van der Waals surface area contributed by atoms with Crippen LogP contribution in [0.25, 0.3) is 0 Å². The fourth-order valence-electron chi connectivity index (χ4n) is 5.49. The van der Waals surface area contributed by atoms with E-state index >= 15 is 0 Å². The lowest BCUT2D eigenvalue weighted by Crippen LogP contribution is -2.45. The minimum atomic E-state index is -0.734. The largest absolute Gasteiger partial charge is 0.493 e. The van der Waals surface area contributed by atoms with E-state index in [-0.39, 0.29) is 42.1 Å². The summed E-state index contributed by atoms with van der Waals surface area (Å²) in [4.78, 5) is 31.5. The summed E-state index contributed by atoms with van der Waals surface area (Å²) < 4.78 is 22.8. The highest BCUT2D eigenvalue weighted by Gasteiger charge is 2.33. The summed E-state index contributed by atoms with van der Waals surface area (Å²) in [7, 11) is 3.28. The molecule has 4 atom stereocenters. The topological polar surface area (TPSA) is 162 Å². The van der Waals surface area contributed by atoms with Crippen LogP contribution in [0.2, 0.25) is 0 Å². The first kappa shape index (κ1) is 41.9. The smallest absolute Gasteiger partial charge is 0.338 e. The van der Waals surface area contributed by atoms with Crippen molar-refractivity contribution >= 4 is 11.9 Å². The zero-order valence-corrected chi connectivity index (χ0v) is 30.5. The molecule has 0 heterocycles. The van der Waals surface area contributed by atoms with Crippen LogP contribution in [0.1, 0.15) is 82.3 Å². The summed E-state index contributed by atoms with van der Waals surface area (Å²) in [5.74, 6) is 0.939. The molecule has 4 unspecified atom stereocenters. The van der Waals surface area contributed by atoms with Gasteiger partial charge in [0, 0.05) is 38.6 Å². The number of esters is 1. The summed E-state index contributed by atoms with van der Waals surface area (Å²) in [5, 5.41) is 20.3. The molecular weight excluding hydrogens is 630 g/mol. The van der Waals surface area contributed by atoms with E-state index in [0.29, 0.717) is 54.7 Å². The molecule has 0 spiro atoms. The predicted octanol–water partition coefficient (Wildman–Crippen LogP) is 5.81. The second-order valence-electron chi connectivity index (χ2n) is 13.7. The summed E-state index contributed by atoms with van der Waals surface area (Å²) in [6, 6.07) is 11.8. The van der Waals surface area contributed by atoms with E-state index in [4.69, 9.17) is 35.1 Å². The minimum absolute atomic E-state index is 0.0139. The van der Waals surface area contributed by atoms with Gasteiger partial charge in [0.15, 0.2) is 11.5 Å². The van der Waals surface area contributed by atoms with Crippen LogP contribution in [0.4, 0.5) is 0 Å². The highest BCUT2D eigenvalue weighted by Crippen LogP contribution is 2.32. The van der Waals surface area contributed by atoms with Gasteiger partial charge in [-0.3, -0.25) is 15.2 Å². The maximum Gasteiger partial charge on any atom is 0.338 e. The van der Waals surface area contributed by atoms with Crippen molar-refractivity contribution in [2.45, 2.75) is 86.0 Å². The third kappa shape index (κ3) is 15.0. The first-order chi connectivity index (χ1) is 23.2. The third-order valence-electron chi connectivity index (χ3n) is 8.58. The molecule has 0 saturated carbocycles. The second kappa shape index (κ2) is 21.7. The summed E-state index contributed by atoms with van der Waals surface area (Å²) in [6.07, 6.45) is 1.57. The van der Waals surface area contributed by atoms with Crippen LogP contribution in [0.3, 0.4) is 0 Å². The average Bonchev–Trinajstić information content (AvgIpc) is 3.06. The first-order valence-electron chi connectivity index (χ1n) is 17.2. The summed E-state index contributed by atoms with van der Waals surface area (Å²) in [5.41, 5.74) is 8.92. The number of benzene rings is 2. The molecule has 5 N–H and O–H groups in total. The molecule has 12 heteroatoms. The Balaban J connectivity index is 2.32. The Hall–Kier alpha value is -3.26. The maximum atomic E-state index is 13.5. The van der Waals surface area contributed by atoms with Crippen LogP contribution in [0, 0.1) is 29.6 Å². The number of ether oxygens (including phenoxy) is 4. The highest BCUT2D eigenvalue weighted by molar-refractivity contribution is 5.89. The van der Waals surface area contributed by atoms with Gasteiger partial charge in [-0.05, 0) is 78.3 Å². The van der Waals surface area contributed by atoms with Gasteiger partial charge in [0.05, 0.1) is 31.3 Å². The van der Waals surface area contributed by atoms with E-state index in [2.05, 4.69) is 24.0 Å². The van der Waals surface area contributed by atoms with Gasteiger partial charge in [0.2, 0.25) is 5.91 Å². The Kier molecular flexibility index (Phi) is 18.6. The molecule has 2 rings (SSSR count). The van der Waals surface area contributed by atoms with Crippen molar-refractivity contribution in [2.24, 2.45) is 35.3 Å². The monoisotopic (exact) mass is 689 g/mol. The van der Waals surface area contributed by atoms with Crippen LogP contribution < -0.4 is 20.5 Å². The number of hydrogen-bond acceptors (Lipinski definition) is 11. The molecule has 0 bridgehead atoms. The number of methoxy groups -OCH3 is 2. The van der Waals surface area contributed by atoms with Crippen molar-refractivity contribution in [2.75, 3.05) is 34.0 Å². The van der Waals surface area contributed by atoms with Gasteiger partial charge < -0.3 is 30.0 Å². The molecule has 0 aliphatic carbocycles. The van der Waals surface area contributed by atoms with Crippen LogP contribution in [0.5, 0.6) is 11.5 Å². The molecule has 1 amide bonds. The van der Waals surface area contributed by atoms with Gasteiger partial charge in [-0.1, -0.05) is 59.7 Å². The lowest BCUT2D eigenvalue weighted by molar-refractivity contribution is -0.497. The highest BCUT2D eigenvalue weighted by atomic mass is 17.1. The SMILES string of the molecule is COCCCOc1cc(CC(CC(N)C(CC(C(=O)NCC(C)C)C(C)C)OC(=O)c2ccc(CON(O)O)cc2)C(C)C)ccc1OC. The standard InChI is InChI=1S/C37H59N3O9/c1-24(2)22-39-36(41)31(26(5)6)21-34(49-37(42)29-13-10-27(11-14-29)23-48-40(43)44)32(38)20-30(25(3)4)18-28-12-15-33(46-8)35(19-28)47-17-9-16-45-7/h10-15,19,24-26,30-32,34,43-44H,9,16-18,20-23,38H2,1-8H3,(H,39,41). The maximum absolute atomic E-state index is 13.5. The molecule has 0 radical (unpaired) electrons. The molecule has 0 aliphatic heterocycles. The van der Waals surface area contributed by atoms with Crippen LogP contribution in [0.15, 0.2) is 42.5 Å². The number of nitrogens with two attached hydrogens (primary N) is 1. The van der Waals surface area contributed by atoms with Crippen LogP contribution in [-0.2, 0) is 32.1 Å². The number of carbonyl (C=O) groups is 2. The molecule has 49 heavy (non-hydrogen) atoms. The van der Waals surface area contributed by atoms with E-state index in [0.717, 1.165) is 18.4 Å². The number of nitrogens with one attached hydrogen (secondary N) is 1. The van der Waals surface area contributed by atoms with E-state index in [1.54, 1.807) is 38.5 Å². The Morgan fingerprint density at radius 3 is 2.12 bits per heavy atom. The Morgan fingerprint density at radius 1 is 0.878 bits per heavy atom. The predicted molar refractivity (Wildman–Crippen MR) is 186 cm³/mol.